The second-order valence-electron chi connectivity index (χ2n) is 6.37. The second-order valence-corrected chi connectivity index (χ2v) is 6.37. The highest BCUT2D eigenvalue weighted by atomic mass is 19.4. The predicted octanol–water partition coefficient (Wildman–Crippen LogP) is 2.26. The van der Waals surface area contributed by atoms with Gasteiger partial charge < -0.3 is 15.6 Å². The zero-order chi connectivity index (χ0) is 18.9. The molecule has 26 heavy (non-hydrogen) atoms. The van der Waals surface area contributed by atoms with E-state index in [4.69, 9.17) is 0 Å². The van der Waals surface area contributed by atoms with E-state index >= 15 is 0 Å². The molecule has 5 nitrogen and oxygen atoms in total. The van der Waals surface area contributed by atoms with Gasteiger partial charge in [0, 0.05) is 23.2 Å². The maximum absolute atomic E-state index is 13.4. The molecule has 1 aromatic carbocycles. The first-order valence-electron chi connectivity index (χ1n) is 8.07. The van der Waals surface area contributed by atoms with Crippen LogP contribution in [0.15, 0.2) is 48.8 Å². The largest absolute Gasteiger partial charge is 0.619 e. The molecule has 0 unspecified atom stereocenters. The molecule has 1 fully saturated rings. The second kappa shape index (κ2) is 6.60. The van der Waals surface area contributed by atoms with Crippen molar-refractivity contribution in [1.82, 2.24) is 5.32 Å². The summed E-state index contributed by atoms with van der Waals surface area (Å²) in [5.74, 6) is -1.31. The number of aromatic nitrogens is 1. The average molecular weight is 366 g/mol. The Kier molecular flexibility index (Phi) is 4.62. The normalized spacial score (nSPS) is 16.8. The molecule has 1 aliphatic carbocycles. The van der Waals surface area contributed by atoms with Crippen molar-refractivity contribution in [3.8, 4) is 0 Å². The molecule has 0 saturated heterocycles. The molecule has 2 aromatic rings. The lowest BCUT2D eigenvalue weighted by molar-refractivity contribution is -0.606. The van der Waals surface area contributed by atoms with Crippen molar-refractivity contribution >= 4 is 5.91 Å². The third-order valence-corrected chi connectivity index (χ3v) is 4.35. The molecule has 1 saturated carbocycles. The van der Waals surface area contributed by atoms with Crippen molar-refractivity contribution in [2.75, 3.05) is 0 Å². The Hall–Kier alpha value is -2.61. The van der Waals surface area contributed by atoms with Crippen LogP contribution in [-0.2, 0) is 16.9 Å². The lowest BCUT2D eigenvalue weighted by Gasteiger charge is -2.29. The van der Waals surface area contributed by atoms with E-state index in [1.165, 1.54) is 30.6 Å². The average Bonchev–Trinajstić information content (AvgIpc) is 3.43. The molecule has 0 spiro atoms. The van der Waals surface area contributed by atoms with Gasteiger partial charge in [0.15, 0.2) is 12.4 Å². The van der Waals surface area contributed by atoms with Gasteiger partial charge in [0.1, 0.15) is 0 Å². The van der Waals surface area contributed by atoms with Crippen LogP contribution in [0.1, 0.15) is 35.4 Å². The summed E-state index contributed by atoms with van der Waals surface area (Å²) in [7, 11) is 0. The number of carbonyl (C=O) groups excluding carboxylic acids is 1. The van der Waals surface area contributed by atoms with Gasteiger partial charge in [-0.2, -0.15) is 17.9 Å². The summed E-state index contributed by atoms with van der Waals surface area (Å²) in [6, 6.07) is 7.84. The zero-order valence-electron chi connectivity index (χ0n) is 13.7. The van der Waals surface area contributed by atoms with Crippen molar-refractivity contribution in [3.05, 3.63) is 70.7 Å². The summed E-state index contributed by atoms with van der Waals surface area (Å²) in [5, 5.41) is 23.9. The monoisotopic (exact) mass is 366 g/mol. The molecule has 1 atom stereocenters. The fourth-order valence-electron chi connectivity index (χ4n) is 2.79. The number of rotatable bonds is 5. The molecule has 0 aliphatic heterocycles. The van der Waals surface area contributed by atoms with Crippen molar-refractivity contribution < 1.29 is 27.8 Å². The first kappa shape index (κ1) is 18.2. The third kappa shape index (κ3) is 3.50. The molecule has 2 N–H and O–H groups in total. The SMILES string of the molecule is O=C(NCc1cc(C2CC2)c[n+]([O-])c1)[C@@](O)(c1ccccc1)C(F)(F)F. The van der Waals surface area contributed by atoms with E-state index in [1.54, 1.807) is 6.07 Å². The fourth-order valence-corrected chi connectivity index (χ4v) is 2.79. The Bertz CT molecular complexity index is 807. The highest BCUT2D eigenvalue weighted by Gasteiger charge is 2.60. The predicted molar refractivity (Wildman–Crippen MR) is 85.6 cm³/mol. The molecular formula is C18H17F3N2O3. The van der Waals surface area contributed by atoms with Crippen LogP contribution in [0.3, 0.4) is 0 Å². The molecule has 3 rings (SSSR count). The maximum atomic E-state index is 13.4. The molecule has 138 valence electrons. The van der Waals surface area contributed by atoms with Crippen LogP contribution in [0, 0.1) is 5.21 Å². The van der Waals surface area contributed by atoms with Crippen molar-refractivity contribution in [2.24, 2.45) is 0 Å². The fraction of sp³-hybridized carbons (Fsp3) is 0.333. The molecular weight excluding hydrogens is 349 g/mol. The summed E-state index contributed by atoms with van der Waals surface area (Å²) in [4.78, 5) is 12.2. The third-order valence-electron chi connectivity index (χ3n) is 4.35. The first-order valence-corrected chi connectivity index (χ1v) is 8.07. The minimum atomic E-state index is -5.20. The smallest absolute Gasteiger partial charge is 0.430 e. The van der Waals surface area contributed by atoms with Crippen LogP contribution in [0.5, 0.6) is 0 Å². The number of nitrogens with zero attached hydrogens (tertiary/aromatic N) is 1. The number of alkyl halides is 3. The molecule has 1 aliphatic rings. The minimum Gasteiger partial charge on any atom is -0.619 e. The van der Waals surface area contributed by atoms with Gasteiger partial charge in [0.2, 0.25) is 0 Å². The number of amides is 1. The Morgan fingerprint density at radius 3 is 2.46 bits per heavy atom. The summed E-state index contributed by atoms with van der Waals surface area (Å²) in [5.41, 5.74) is -3.08. The summed E-state index contributed by atoms with van der Waals surface area (Å²) in [6.07, 6.45) is -0.692. The lowest BCUT2D eigenvalue weighted by Crippen LogP contribution is -2.54. The summed E-state index contributed by atoms with van der Waals surface area (Å²) >= 11 is 0. The molecule has 1 heterocycles. The number of carbonyl (C=O) groups is 1. The number of hydrogen-bond donors (Lipinski definition) is 2. The van der Waals surface area contributed by atoms with Crippen LogP contribution in [-0.4, -0.2) is 17.2 Å². The van der Waals surface area contributed by atoms with Gasteiger partial charge in [-0.15, -0.1) is 0 Å². The highest BCUT2D eigenvalue weighted by molar-refractivity contribution is 5.87. The standard InChI is InChI=1S/C18H17F3N2O3/c19-18(20,21)17(25,15-4-2-1-3-5-15)16(24)22-9-12-8-14(13-6-7-13)11-23(26)10-12/h1-5,8,10-11,13,25H,6-7,9H2,(H,22,24)/t17-/m0/s1. The van der Waals surface area contributed by atoms with Crippen LogP contribution >= 0.6 is 0 Å². The van der Waals surface area contributed by atoms with Gasteiger partial charge in [0.25, 0.3) is 11.5 Å². The lowest BCUT2D eigenvalue weighted by atomic mass is 9.92. The van der Waals surface area contributed by atoms with Crippen molar-refractivity contribution in [1.29, 1.82) is 0 Å². The van der Waals surface area contributed by atoms with Crippen LogP contribution in [0.2, 0.25) is 0 Å². The Balaban J connectivity index is 1.81. The van der Waals surface area contributed by atoms with Crippen LogP contribution in [0.25, 0.3) is 0 Å². The molecule has 0 bridgehead atoms. The van der Waals surface area contributed by atoms with Gasteiger partial charge in [0.05, 0.1) is 0 Å². The van der Waals surface area contributed by atoms with Gasteiger partial charge in [-0.05, 0) is 24.8 Å². The van der Waals surface area contributed by atoms with E-state index in [-0.39, 0.29) is 12.5 Å². The first-order chi connectivity index (χ1) is 12.2. The molecule has 8 heteroatoms. The van der Waals surface area contributed by atoms with Crippen LogP contribution < -0.4 is 10.0 Å². The Morgan fingerprint density at radius 2 is 1.88 bits per heavy atom. The number of nitrogens with one attached hydrogen (secondary N) is 1. The van der Waals surface area contributed by atoms with Gasteiger partial charge in [-0.1, -0.05) is 30.3 Å². The zero-order valence-corrected chi connectivity index (χ0v) is 13.7. The number of hydrogen-bond acceptors (Lipinski definition) is 3. The van der Waals surface area contributed by atoms with Crippen LogP contribution in [0.4, 0.5) is 13.2 Å². The summed E-state index contributed by atoms with van der Waals surface area (Å²) in [6.45, 7) is -0.299. The minimum absolute atomic E-state index is 0.280. The van der Waals surface area contributed by atoms with Gasteiger partial charge in [-0.25, -0.2) is 0 Å². The topological polar surface area (TPSA) is 76.3 Å². The van der Waals surface area contributed by atoms with E-state index in [0.717, 1.165) is 30.5 Å². The Morgan fingerprint density at radius 1 is 1.23 bits per heavy atom. The summed E-state index contributed by atoms with van der Waals surface area (Å²) < 4.78 is 40.9. The number of halogens is 3. The van der Waals surface area contributed by atoms with E-state index in [2.05, 4.69) is 5.32 Å². The maximum Gasteiger partial charge on any atom is 0.430 e. The number of aliphatic hydroxyl groups is 1. The van der Waals surface area contributed by atoms with Gasteiger partial charge in [-0.3, -0.25) is 4.79 Å². The number of benzene rings is 1. The Labute approximate surface area is 147 Å². The quantitative estimate of drug-likeness (QED) is 0.630. The molecule has 1 aromatic heterocycles. The van der Waals surface area contributed by atoms with Crippen molar-refractivity contribution in [2.45, 2.75) is 37.1 Å². The molecule has 1 amide bonds. The van der Waals surface area contributed by atoms with Gasteiger partial charge >= 0.3 is 6.18 Å². The highest BCUT2D eigenvalue weighted by Crippen LogP contribution is 2.40. The van der Waals surface area contributed by atoms with E-state index < -0.39 is 23.2 Å². The molecule has 0 radical (unpaired) electrons. The van der Waals surface area contributed by atoms with E-state index in [9.17, 15) is 28.3 Å². The number of pyridine rings is 1. The van der Waals surface area contributed by atoms with E-state index in [1.807, 2.05) is 0 Å². The van der Waals surface area contributed by atoms with E-state index in [0.29, 0.717) is 10.3 Å². The van der Waals surface area contributed by atoms with Crippen molar-refractivity contribution in [3.63, 3.8) is 0 Å².